The number of nitrogens with one attached hydrogen (secondary N) is 1. The van der Waals surface area contributed by atoms with Gasteiger partial charge in [-0.2, -0.15) is 0 Å². The molecule has 3 N–H and O–H groups in total. The summed E-state index contributed by atoms with van der Waals surface area (Å²) < 4.78 is 11.0. The summed E-state index contributed by atoms with van der Waals surface area (Å²) >= 11 is 0. The molecule has 1 amide bonds. The first-order chi connectivity index (χ1) is 10.7. The molecule has 2 rings (SSSR count). The first-order valence-electron chi connectivity index (χ1n) is 7.98. The Morgan fingerprint density at radius 1 is 1.30 bits per heavy atom. The van der Waals surface area contributed by atoms with Crippen molar-refractivity contribution in [3.05, 3.63) is 29.8 Å². The topological polar surface area (TPSA) is 73.6 Å². The van der Waals surface area contributed by atoms with E-state index in [0.29, 0.717) is 26.1 Å². The van der Waals surface area contributed by atoms with E-state index in [9.17, 15) is 4.79 Å². The molecule has 0 saturated carbocycles. The molecule has 1 aromatic carbocycles. The fraction of sp³-hybridized carbons (Fsp3) is 0.588. The SMILES string of the molecule is CCOc1ccc(C2(CNC(=O)CCN)CCOCC2)cc1.Cl. The number of halogens is 1. The molecular formula is C17H27ClN2O3. The molecule has 1 saturated heterocycles. The zero-order valence-electron chi connectivity index (χ0n) is 13.7. The highest BCUT2D eigenvalue weighted by atomic mass is 35.5. The Morgan fingerprint density at radius 3 is 2.52 bits per heavy atom. The zero-order chi connectivity index (χ0) is 15.8. The third-order valence-corrected chi connectivity index (χ3v) is 4.22. The van der Waals surface area contributed by atoms with Crippen LogP contribution in [0, 0.1) is 0 Å². The van der Waals surface area contributed by atoms with Crippen LogP contribution in [-0.2, 0) is 14.9 Å². The molecule has 0 aromatic heterocycles. The Labute approximate surface area is 144 Å². The molecule has 1 aromatic rings. The summed E-state index contributed by atoms with van der Waals surface area (Å²) in [5.74, 6) is 0.889. The first kappa shape index (κ1) is 19.7. The number of ether oxygens (including phenoxy) is 2. The quantitative estimate of drug-likeness (QED) is 0.795. The predicted octanol–water partition coefficient (Wildman–Crippen LogP) is 2.02. The lowest BCUT2D eigenvalue weighted by Crippen LogP contribution is -2.44. The monoisotopic (exact) mass is 342 g/mol. The van der Waals surface area contributed by atoms with Gasteiger partial charge in [-0.15, -0.1) is 12.4 Å². The maximum atomic E-state index is 11.8. The highest BCUT2D eigenvalue weighted by Crippen LogP contribution is 2.35. The Hall–Kier alpha value is -1.30. The Morgan fingerprint density at radius 2 is 1.96 bits per heavy atom. The molecule has 5 nitrogen and oxygen atoms in total. The van der Waals surface area contributed by atoms with Crippen LogP contribution in [0.15, 0.2) is 24.3 Å². The summed E-state index contributed by atoms with van der Waals surface area (Å²) in [7, 11) is 0. The zero-order valence-corrected chi connectivity index (χ0v) is 14.5. The van der Waals surface area contributed by atoms with E-state index in [-0.39, 0.29) is 23.7 Å². The van der Waals surface area contributed by atoms with Gasteiger partial charge in [-0.1, -0.05) is 12.1 Å². The van der Waals surface area contributed by atoms with Crippen LogP contribution in [0.2, 0.25) is 0 Å². The van der Waals surface area contributed by atoms with Crippen LogP contribution >= 0.6 is 12.4 Å². The van der Waals surface area contributed by atoms with Crippen molar-refractivity contribution in [3.63, 3.8) is 0 Å². The summed E-state index contributed by atoms with van der Waals surface area (Å²) in [4.78, 5) is 11.8. The number of hydrogen-bond acceptors (Lipinski definition) is 4. The van der Waals surface area contributed by atoms with Gasteiger partial charge < -0.3 is 20.5 Å². The maximum absolute atomic E-state index is 11.8. The van der Waals surface area contributed by atoms with Gasteiger partial charge in [0.25, 0.3) is 0 Å². The smallest absolute Gasteiger partial charge is 0.221 e. The fourth-order valence-corrected chi connectivity index (χ4v) is 2.89. The summed E-state index contributed by atoms with van der Waals surface area (Å²) in [5.41, 5.74) is 6.60. The lowest BCUT2D eigenvalue weighted by Gasteiger charge is -2.38. The fourth-order valence-electron chi connectivity index (χ4n) is 2.89. The average molecular weight is 343 g/mol. The van der Waals surface area contributed by atoms with E-state index in [1.165, 1.54) is 5.56 Å². The largest absolute Gasteiger partial charge is 0.494 e. The molecule has 0 spiro atoms. The van der Waals surface area contributed by atoms with E-state index < -0.39 is 0 Å². The van der Waals surface area contributed by atoms with Gasteiger partial charge in [-0.05, 0) is 37.5 Å². The van der Waals surface area contributed by atoms with E-state index in [1.54, 1.807) is 0 Å². The summed E-state index contributed by atoms with van der Waals surface area (Å²) in [6.07, 6.45) is 2.18. The first-order valence-corrected chi connectivity index (χ1v) is 7.98. The van der Waals surface area contributed by atoms with Gasteiger partial charge in [0.1, 0.15) is 5.75 Å². The van der Waals surface area contributed by atoms with Gasteiger partial charge in [0.2, 0.25) is 5.91 Å². The van der Waals surface area contributed by atoms with Gasteiger partial charge in [-0.25, -0.2) is 0 Å². The number of amides is 1. The summed E-state index contributed by atoms with van der Waals surface area (Å²) in [5, 5.41) is 3.03. The lowest BCUT2D eigenvalue weighted by atomic mass is 9.74. The molecule has 23 heavy (non-hydrogen) atoms. The third kappa shape index (κ3) is 5.37. The molecule has 0 atom stereocenters. The maximum Gasteiger partial charge on any atom is 0.221 e. The van der Waals surface area contributed by atoms with E-state index in [1.807, 2.05) is 19.1 Å². The van der Waals surface area contributed by atoms with Crippen molar-refractivity contribution in [1.82, 2.24) is 5.32 Å². The Bertz CT molecular complexity index is 473. The molecule has 1 aliphatic heterocycles. The van der Waals surface area contributed by atoms with Gasteiger partial charge >= 0.3 is 0 Å². The number of carbonyl (C=O) groups excluding carboxylic acids is 1. The molecule has 0 aliphatic carbocycles. The van der Waals surface area contributed by atoms with Crippen LogP contribution < -0.4 is 15.8 Å². The standard InChI is InChI=1S/C17H26N2O3.ClH/c1-2-22-15-5-3-14(4-6-15)17(8-11-21-12-9-17)13-19-16(20)7-10-18;/h3-6H,2,7-13,18H2,1H3,(H,19,20);1H. The van der Waals surface area contributed by atoms with E-state index in [4.69, 9.17) is 15.2 Å². The molecular weight excluding hydrogens is 316 g/mol. The lowest BCUT2D eigenvalue weighted by molar-refractivity contribution is -0.121. The molecule has 1 aliphatic rings. The second-order valence-electron chi connectivity index (χ2n) is 5.67. The van der Waals surface area contributed by atoms with Crippen LogP contribution in [0.4, 0.5) is 0 Å². The number of nitrogens with two attached hydrogens (primary N) is 1. The van der Waals surface area contributed by atoms with Crippen LogP contribution in [-0.4, -0.2) is 38.8 Å². The van der Waals surface area contributed by atoms with Gasteiger partial charge in [0.05, 0.1) is 6.61 Å². The van der Waals surface area contributed by atoms with Gasteiger partial charge in [0.15, 0.2) is 0 Å². The third-order valence-electron chi connectivity index (χ3n) is 4.22. The van der Waals surface area contributed by atoms with Gasteiger partial charge in [-0.3, -0.25) is 4.79 Å². The normalized spacial score (nSPS) is 16.3. The van der Waals surface area contributed by atoms with E-state index in [0.717, 1.165) is 31.8 Å². The number of benzene rings is 1. The van der Waals surface area contributed by atoms with E-state index >= 15 is 0 Å². The van der Waals surface area contributed by atoms with Crippen molar-refractivity contribution in [2.24, 2.45) is 5.73 Å². The minimum Gasteiger partial charge on any atom is -0.494 e. The van der Waals surface area contributed by atoms with Crippen LogP contribution in [0.3, 0.4) is 0 Å². The molecule has 0 unspecified atom stereocenters. The van der Waals surface area contributed by atoms with Crippen molar-refractivity contribution >= 4 is 18.3 Å². The second kappa shape index (κ2) is 9.75. The molecule has 0 bridgehead atoms. The number of carbonyl (C=O) groups is 1. The average Bonchev–Trinajstić information content (AvgIpc) is 2.55. The van der Waals surface area contributed by atoms with Crippen molar-refractivity contribution in [1.29, 1.82) is 0 Å². The number of rotatable bonds is 7. The molecule has 6 heteroatoms. The number of hydrogen-bond donors (Lipinski definition) is 2. The highest BCUT2D eigenvalue weighted by molar-refractivity contribution is 5.85. The van der Waals surface area contributed by atoms with Crippen molar-refractivity contribution in [2.75, 3.05) is 32.9 Å². The van der Waals surface area contributed by atoms with Crippen LogP contribution in [0.1, 0.15) is 31.7 Å². The highest BCUT2D eigenvalue weighted by Gasteiger charge is 2.34. The predicted molar refractivity (Wildman–Crippen MR) is 93.3 cm³/mol. The Balaban J connectivity index is 0.00000264. The molecule has 1 fully saturated rings. The van der Waals surface area contributed by atoms with Crippen molar-refractivity contribution in [3.8, 4) is 5.75 Å². The van der Waals surface area contributed by atoms with Crippen molar-refractivity contribution in [2.45, 2.75) is 31.6 Å². The summed E-state index contributed by atoms with van der Waals surface area (Å²) in [6, 6.07) is 8.20. The van der Waals surface area contributed by atoms with Crippen LogP contribution in [0.25, 0.3) is 0 Å². The van der Waals surface area contributed by atoms with Crippen LogP contribution in [0.5, 0.6) is 5.75 Å². The van der Waals surface area contributed by atoms with Gasteiger partial charge in [0, 0.05) is 38.1 Å². The molecule has 130 valence electrons. The molecule has 0 radical (unpaired) electrons. The second-order valence-corrected chi connectivity index (χ2v) is 5.67. The minimum absolute atomic E-state index is 0. The van der Waals surface area contributed by atoms with E-state index in [2.05, 4.69) is 17.4 Å². The molecule has 1 heterocycles. The summed E-state index contributed by atoms with van der Waals surface area (Å²) in [6.45, 7) is 5.09. The van der Waals surface area contributed by atoms with Crippen molar-refractivity contribution < 1.29 is 14.3 Å². The minimum atomic E-state index is -0.0622. The Kier molecular flexibility index (Phi) is 8.37.